The van der Waals surface area contributed by atoms with E-state index in [9.17, 15) is 14.4 Å². The quantitative estimate of drug-likeness (QED) is 0.732. The lowest BCUT2D eigenvalue weighted by atomic mass is 9.73. The Labute approximate surface area is 174 Å². The highest BCUT2D eigenvalue weighted by molar-refractivity contribution is 6.30. The van der Waals surface area contributed by atoms with Crippen molar-refractivity contribution < 1.29 is 14.3 Å². The number of aromatic nitrogens is 1. The van der Waals surface area contributed by atoms with E-state index in [2.05, 4.69) is 5.32 Å². The van der Waals surface area contributed by atoms with Gasteiger partial charge in [-0.3, -0.25) is 19.0 Å². The Kier molecular flexibility index (Phi) is 6.24. The summed E-state index contributed by atoms with van der Waals surface area (Å²) in [6.07, 6.45) is 3.05. The number of hydrogen-bond acceptors (Lipinski definition) is 4. The fraction of sp³-hybridized carbons (Fsp3) is 0.409. The number of hydrogen-bond donors (Lipinski definition) is 1. The van der Waals surface area contributed by atoms with Crippen LogP contribution in [0.1, 0.15) is 53.0 Å². The molecule has 0 radical (unpaired) electrons. The molecule has 1 aromatic carbocycles. The maximum absolute atomic E-state index is 13.3. The number of ketones is 1. The van der Waals surface area contributed by atoms with Crippen molar-refractivity contribution in [1.29, 1.82) is 0 Å². The van der Waals surface area contributed by atoms with Gasteiger partial charge >= 0.3 is 0 Å². The number of methoxy groups -OCH3 is 1. The number of Topliss-reactive ketones (excluding diaryl/α,β-unsaturated/α-hetero) is 1. The number of carbonyl (C=O) groups is 2. The van der Waals surface area contributed by atoms with Gasteiger partial charge in [-0.2, -0.15) is 0 Å². The van der Waals surface area contributed by atoms with Gasteiger partial charge in [0.25, 0.3) is 11.5 Å². The predicted octanol–water partition coefficient (Wildman–Crippen LogP) is 3.41. The Morgan fingerprint density at radius 3 is 2.55 bits per heavy atom. The van der Waals surface area contributed by atoms with Crippen molar-refractivity contribution in [2.45, 2.75) is 33.1 Å². The number of pyridine rings is 1. The van der Waals surface area contributed by atoms with Gasteiger partial charge in [-0.25, -0.2) is 0 Å². The zero-order valence-electron chi connectivity index (χ0n) is 16.9. The fourth-order valence-electron chi connectivity index (χ4n) is 3.68. The molecule has 1 aliphatic carbocycles. The minimum Gasteiger partial charge on any atom is -0.385 e. The molecular formula is C22H25ClN2O4. The topological polar surface area (TPSA) is 77.4 Å². The first kappa shape index (κ1) is 21.3. The molecule has 3 rings (SSSR count). The van der Waals surface area contributed by atoms with E-state index in [1.54, 1.807) is 37.6 Å². The van der Waals surface area contributed by atoms with Gasteiger partial charge in [-0.15, -0.1) is 0 Å². The lowest BCUT2D eigenvalue weighted by Gasteiger charge is -2.31. The van der Waals surface area contributed by atoms with E-state index < -0.39 is 11.5 Å². The maximum atomic E-state index is 13.3. The Hall–Kier alpha value is -2.44. The van der Waals surface area contributed by atoms with E-state index in [4.69, 9.17) is 16.3 Å². The monoisotopic (exact) mass is 416 g/mol. The third kappa shape index (κ3) is 4.60. The molecule has 154 valence electrons. The molecule has 1 aromatic heterocycles. The molecular weight excluding hydrogens is 392 g/mol. The van der Waals surface area contributed by atoms with Crippen LogP contribution in [-0.2, 0) is 11.2 Å². The third-order valence-electron chi connectivity index (χ3n) is 5.06. The Morgan fingerprint density at radius 1 is 1.21 bits per heavy atom. The van der Waals surface area contributed by atoms with Gasteiger partial charge in [0.2, 0.25) is 0 Å². The van der Waals surface area contributed by atoms with E-state index in [1.165, 1.54) is 4.57 Å². The van der Waals surface area contributed by atoms with Crippen LogP contribution in [0.3, 0.4) is 0 Å². The molecule has 2 aromatic rings. The van der Waals surface area contributed by atoms with Crippen LogP contribution >= 0.6 is 11.6 Å². The number of benzene rings is 1. The van der Waals surface area contributed by atoms with Gasteiger partial charge < -0.3 is 10.1 Å². The predicted molar refractivity (Wildman–Crippen MR) is 112 cm³/mol. The Balaban J connectivity index is 2.13. The number of amides is 1. The maximum Gasteiger partial charge on any atom is 0.268 e. The molecule has 0 aliphatic heterocycles. The number of halogens is 1. The van der Waals surface area contributed by atoms with Gasteiger partial charge in [0.15, 0.2) is 5.78 Å². The van der Waals surface area contributed by atoms with Crippen LogP contribution in [0.4, 0.5) is 0 Å². The second-order valence-corrected chi connectivity index (χ2v) is 8.53. The van der Waals surface area contributed by atoms with Crippen LogP contribution < -0.4 is 10.9 Å². The summed E-state index contributed by atoms with van der Waals surface area (Å²) < 4.78 is 6.36. The lowest BCUT2D eigenvalue weighted by molar-refractivity contribution is 0.0909. The van der Waals surface area contributed by atoms with Crippen LogP contribution in [0.25, 0.3) is 5.69 Å². The molecule has 1 N–H and O–H groups in total. The van der Waals surface area contributed by atoms with Crippen LogP contribution in [0.2, 0.25) is 5.02 Å². The van der Waals surface area contributed by atoms with Crippen molar-refractivity contribution in [3.63, 3.8) is 0 Å². The molecule has 0 fully saturated rings. The largest absolute Gasteiger partial charge is 0.385 e. The molecule has 29 heavy (non-hydrogen) atoms. The van der Waals surface area contributed by atoms with E-state index in [-0.39, 0.29) is 16.8 Å². The molecule has 1 aliphatic rings. The molecule has 1 heterocycles. The van der Waals surface area contributed by atoms with Crippen molar-refractivity contribution >= 4 is 23.3 Å². The van der Waals surface area contributed by atoms with Gasteiger partial charge in [0.1, 0.15) is 5.56 Å². The first-order valence-corrected chi connectivity index (χ1v) is 9.96. The highest BCUT2D eigenvalue weighted by Gasteiger charge is 2.35. The molecule has 0 spiro atoms. The van der Waals surface area contributed by atoms with Gasteiger partial charge in [-0.05, 0) is 48.1 Å². The van der Waals surface area contributed by atoms with Gasteiger partial charge in [-0.1, -0.05) is 25.4 Å². The average Bonchev–Trinajstić information content (AvgIpc) is 2.65. The molecule has 6 nitrogen and oxygen atoms in total. The van der Waals surface area contributed by atoms with Crippen molar-refractivity contribution in [1.82, 2.24) is 9.88 Å². The average molecular weight is 417 g/mol. The summed E-state index contributed by atoms with van der Waals surface area (Å²) in [6, 6.07) is 6.71. The van der Waals surface area contributed by atoms with E-state index in [0.29, 0.717) is 54.3 Å². The zero-order valence-corrected chi connectivity index (χ0v) is 17.6. The van der Waals surface area contributed by atoms with Crippen molar-refractivity contribution in [2.75, 3.05) is 20.3 Å². The third-order valence-corrected chi connectivity index (χ3v) is 5.31. The number of rotatable bonds is 6. The highest BCUT2D eigenvalue weighted by Crippen LogP contribution is 2.35. The molecule has 0 saturated heterocycles. The summed E-state index contributed by atoms with van der Waals surface area (Å²) in [7, 11) is 1.59. The number of nitrogens with zero attached hydrogens (tertiary/aromatic N) is 1. The second kappa shape index (κ2) is 8.51. The van der Waals surface area contributed by atoms with Crippen molar-refractivity contribution in [3.05, 3.63) is 62.5 Å². The van der Waals surface area contributed by atoms with Crippen LogP contribution in [0, 0.1) is 5.41 Å². The standard InChI is InChI=1S/C22H25ClN2O4/c1-22(2)11-16-17(18(26)12-22)13-25(15-7-5-14(23)6-8-15)21(28)19(16)20(27)24-9-4-10-29-3/h5-8,13H,4,9-12H2,1-3H3,(H,24,27). The number of carbonyl (C=O) groups excluding carboxylic acids is 2. The molecule has 0 unspecified atom stereocenters. The summed E-state index contributed by atoms with van der Waals surface area (Å²) in [5, 5.41) is 3.33. The lowest BCUT2D eigenvalue weighted by Crippen LogP contribution is -2.39. The zero-order chi connectivity index (χ0) is 21.2. The molecule has 1 amide bonds. The molecule has 7 heteroatoms. The first-order chi connectivity index (χ1) is 13.7. The highest BCUT2D eigenvalue weighted by atomic mass is 35.5. The normalized spacial score (nSPS) is 15.1. The Bertz CT molecular complexity index is 993. The minimum absolute atomic E-state index is 0.0380. The smallest absolute Gasteiger partial charge is 0.268 e. The van der Waals surface area contributed by atoms with Gasteiger partial charge in [0.05, 0.1) is 0 Å². The van der Waals surface area contributed by atoms with E-state index in [1.807, 2.05) is 13.8 Å². The number of fused-ring (bicyclic) bond motifs is 1. The first-order valence-electron chi connectivity index (χ1n) is 9.58. The van der Waals surface area contributed by atoms with Crippen molar-refractivity contribution in [2.24, 2.45) is 5.41 Å². The van der Waals surface area contributed by atoms with Crippen LogP contribution in [0.5, 0.6) is 0 Å². The SMILES string of the molecule is COCCCNC(=O)c1c2c(cn(-c3ccc(Cl)cc3)c1=O)C(=O)CC(C)(C)C2. The minimum atomic E-state index is -0.462. The summed E-state index contributed by atoms with van der Waals surface area (Å²) in [6.45, 7) is 4.83. The summed E-state index contributed by atoms with van der Waals surface area (Å²) in [5.74, 6) is -0.524. The summed E-state index contributed by atoms with van der Waals surface area (Å²) >= 11 is 5.96. The number of nitrogens with one attached hydrogen (secondary N) is 1. The van der Waals surface area contributed by atoms with Gasteiger partial charge in [0, 0.05) is 49.2 Å². The summed E-state index contributed by atoms with van der Waals surface area (Å²) in [4.78, 5) is 39.1. The molecule has 0 saturated carbocycles. The number of ether oxygens (including phenoxy) is 1. The second-order valence-electron chi connectivity index (χ2n) is 8.09. The van der Waals surface area contributed by atoms with Crippen molar-refractivity contribution in [3.8, 4) is 5.69 Å². The van der Waals surface area contributed by atoms with E-state index >= 15 is 0 Å². The molecule has 0 bridgehead atoms. The molecule has 0 atom stereocenters. The Morgan fingerprint density at radius 2 is 1.90 bits per heavy atom. The van der Waals surface area contributed by atoms with E-state index in [0.717, 1.165) is 0 Å². The summed E-state index contributed by atoms with van der Waals surface area (Å²) in [5.41, 5.74) is 0.797. The van der Waals surface area contributed by atoms with Crippen LogP contribution in [-0.4, -0.2) is 36.5 Å². The van der Waals surface area contributed by atoms with Crippen LogP contribution in [0.15, 0.2) is 35.3 Å². The fourth-order valence-corrected chi connectivity index (χ4v) is 3.81.